The largest absolute Gasteiger partial charge is 0.462 e. The van der Waals surface area contributed by atoms with Crippen LogP contribution in [0.4, 0.5) is 0 Å². The molecule has 1 aromatic heterocycles. The van der Waals surface area contributed by atoms with Crippen LogP contribution in [0, 0.1) is 11.3 Å². The fraction of sp³-hybridized carbons (Fsp3) is 0.250. The van der Waals surface area contributed by atoms with Crippen LogP contribution in [0.3, 0.4) is 0 Å². The van der Waals surface area contributed by atoms with E-state index in [1.165, 1.54) is 6.92 Å². The Bertz CT molecular complexity index is 1500. The maximum Gasteiger partial charge on any atom is 0.349 e. The molecular weight excluding hydrogens is 508 g/mol. The molecule has 0 saturated heterocycles. The molecule has 1 heterocycles. The van der Waals surface area contributed by atoms with Crippen molar-refractivity contribution in [2.24, 2.45) is 0 Å². The summed E-state index contributed by atoms with van der Waals surface area (Å²) < 4.78 is 55.4. The van der Waals surface area contributed by atoms with Crippen LogP contribution >= 0.6 is 11.3 Å². The molecule has 1 N–H and O–H groups in total. The molecule has 184 valence electrons. The Morgan fingerprint density at radius 3 is 2.26 bits per heavy atom. The first-order valence-corrected chi connectivity index (χ1v) is 15.0. The number of thiophene rings is 1. The minimum Gasteiger partial charge on any atom is -0.462 e. The number of sulfonamides is 1. The van der Waals surface area contributed by atoms with Gasteiger partial charge in [-0.25, -0.2) is 26.4 Å². The number of hydrogen-bond donors (Lipinski definition) is 1. The number of rotatable bonds is 9. The van der Waals surface area contributed by atoms with Gasteiger partial charge < -0.3 is 4.74 Å². The third kappa shape index (κ3) is 6.15. The van der Waals surface area contributed by atoms with E-state index in [9.17, 15) is 26.9 Å². The van der Waals surface area contributed by atoms with Crippen molar-refractivity contribution < 1.29 is 26.4 Å². The number of hydrogen-bond acceptors (Lipinski definition) is 8. The third-order valence-corrected chi connectivity index (χ3v) is 9.26. The molecule has 0 unspecified atom stereocenters. The molecule has 0 spiro atoms. The van der Waals surface area contributed by atoms with Crippen molar-refractivity contribution in [3.05, 3.63) is 64.5 Å². The van der Waals surface area contributed by atoms with Crippen LogP contribution in [-0.4, -0.2) is 41.4 Å². The standard InChI is InChI=1S/C24H24N2O6S3/c1-4-32-23(27)22-21(20(14-25)24(33-22)35(30,31)5-2)18-11-9-17(10-12-18)19-8-6-7-16(13-19)15-26-34(3,28)29/h6-13,26H,4-5,15H2,1-3H3. The van der Waals surface area contributed by atoms with Crippen LogP contribution in [0.5, 0.6) is 0 Å². The van der Waals surface area contributed by atoms with Gasteiger partial charge in [-0.15, -0.1) is 11.3 Å². The monoisotopic (exact) mass is 532 g/mol. The minimum atomic E-state index is -3.73. The summed E-state index contributed by atoms with van der Waals surface area (Å²) in [6, 6.07) is 16.3. The molecular formula is C24H24N2O6S3. The van der Waals surface area contributed by atoms with Crippen molar-refractivity contribution in [3.8, 4) is 28.3 Å². The van der Waals surface area contributed by atoms with Crippen molar-refractivity contribution in [1.29, 1.82) is 5.26 Å². The molecule has 35 heavy (non-hydrogen) atoms. The van der Waals surface area contributed by atoms with E-state index in [1.807, 2.05) is 30.3 Å². The lowest BCUT2D eigenvalue weighted by atomic mass is 9.97. The van der Waals surface area contributed by atoms with Gasteiger partial charge in [0.25, 0.3) is 0 Å². The fourth-order valence-corrected chi connectivity index (χ4v) is 6.54. The average Bonchev–Trinajstić information content (AvgIpc) is 3.23. The molecule has 0 radical (unpaired) electrons. The van der Waals surface area contributed by atoms with E-state index in [-0.39, 0.29) is 39.1 Å². The predicted molar refractivity (Wildman–Crippen MR) is 135 cm³/mol. The van der Waals surface area contributed by atoms with Crippen molar-refractivity contribution in [3.63, 3.8) is 0 Å². The zero-order chi connectivity index (χ0) is 25.8. The molecule has 0 aliphatic rings. The van der Waals surface area contributed by atoms with E-state index < -0.39 is 25.8 Å². The van der Waals surface area contributed by atoms with E-state index in [4.69, 9.17) is 4.74 Å². The zero-order valence-electron chi connectivity index (χ0n) is 19.4. The number of benzene rings is 2. The van der Waals surface area contributed by atoms with E-state index in [0.717, 1.165) is 34.3 Å². The molecule has 2 aromatic carbocycles. The first-order valence-electron chi connectivity index (χ1n) is 10.6. The van der Waals surface area contributed by atoms with E-state index in [2.05, 4.69) is 4.72 Å². The van der Waals surface area contributed by atoms with Gasteiger partial charge in [0.05, 0.1) is 24.2 Å². The van der Waals surface area contributed by atoms with Gasteiger partial charge in [-0.3, -0.25) is 0 Å². The number of nitrogens with zero attached hydrogens (tertiary/aromatic N) is 1. The lowest BCUT2D eigenvalue weighted by molar-refractivity contribution is 0.0533. The van der Waals surface area contributed by atoms with Crippen molar-refractivity contribution in [2.45, 2.75) is 24.6 Å². The summed E-state index contributed by atoms with van der Waals surface area (Å²) in [6.07, 6.45) is 1.09. The Morgan fingerprint density at radius 1 is 1.03 bits per heavy atom. The summed E-state index contributed by atoms with van der Waals surface area (Å²) in [5.41, 5.74) is 3.12. The van der Waals surface area contributed by atoms with Crippen LogP contribution in [-0.2, 0) is 31.1 Å². The Labute approximate surface area is 209 Å². The number of nitrogens with one attached hydrogen (secondary N) is 1. The second kappa shape index (κ2) is 10.7. The Hall–Kier alpha value is -3.04. The van der Waals surface area contributed by atoms with Crippen molar-refractivity contribution in [2.75, 3.05) is 18.6 Å². The molecule has 0 atom stereocenters. The lowest BCUT2D eigenvalue weighted by Crippen LogP contribution is -2.21. The molecule has 3 aromatic rings. The highest BCUT2D eigenvalue weighted by Gasteiger charge is 2.30. The van der Waals surface area contributed by atoms with Crippen LogP contribution in [0.1, 0.15) is 34.6 Å². The van der Waals surface area contributed by atoms with E-state index >= 15 is 0 Å². The van der Waals surface area contributed by atoms with Gasteiger partial charge in [-0.2, -0.15) is 5.26 Å². The second-order valence-electron chi connectivity index (χ2n) is 7.58. The SMILES string of the molecule is CCOC(=O)c1sc(S(=O)(=O)CC)c(C#N)c1-c1ccc(-c2cccc(CNS(C)(=O)=O)c2)cc1. The third-order valence-electron chi connectivity index (χ3n) is 5.08. The number of ether oxygens (including phenoxy) is 1. The lowest BCUT2D eigenvalue weighted by Gasteiger charge is -2.09. The van der Waals surface area contributed by atoms with Gasteiger partial charge in [0.2, 0.25) is 10.0 Å². The quantitative estimate of drug-likeness (QED) is 0.413. The first kappa shape index (κ1) is 26.6. The summed E-state index contributed by atoms with van der Waals surface area (Å²) in [4.78, 5) is 12.7. The maximum atomic E-state index is 12.6. The Balaban J connectivity index is 2.06. The number of esters is 1. The van der Waals surface area contributed by atoms with E-state index in [0.29, 0.717) is 5.56 Å². The van der Waals surface area contributed by atoms with Crippen molar-refractivity contribution >= 4 is 37.2 Å². The molecule has 8 nitrogen and oxygen atoms in total. The van der Waals surface area contributed by atoms with Crippen LogP contribution in [0.15, 0.2) is 52.7 Å². The normalized spacial score (nSPS) is 11.7. The zero-order valence-corrected chi connectivity index (χ0v) is 21.8. The molecule has 0 amide bonds. The number of carbonyl (C=O) groups excluding carboxylic acids is 1. The number of nitriles is 1. The highest BCUT2D eigenvalue weighted by molar-refractivity contribution is 7.93. The summed E-state index contributed by atoms with van der Waals surface area (Å²) >= 11 is 0.754. The van der Waals surface area contributed by atoms with E-state index in [1.54, 1.807) is 31.2 Å². The second-order valence-corrected chi connectivity index (χ2v) is 12.9. The molecule has 0 aliphatic carbocycles. The summed E-state index contributed by atoms with van der Waals surface area (Å²) in [5.74, 6) is -0.885. The first-order chi connectivity index (χ1) is 16.5. The van der Waals surface area contributed by atoms with Gasteiger partial charge >= 0.3 is 5.97 Å². The fourth-order valence-electron chi connectivity index (χ4n) is 3.38. The van der Waals surface area contributed by atoms with Gasteiger partial charge in [0.1, 0.15) is 15.2 Å². The molecule has 0 fully saturated rings. The maximum absolute atomic E-state index is 12.6. The van der Waals surface area contributed by atoms with Gasteiger partial charge in [0.15, 0.2) is 9.84 Å². The number of carbonyl (C=O) groups is 1. The van der Waals surface area contributed by atoms with Gasteiger partial charge in [-0.1, -0.05) is 49.4 Å². The van der Waals surface area contributed by atoms with Gasteiger partial charge in [0, 0.05) is 12.1 Å². The molecule has 0 saturated carbocycles. The molecule has 11 heteroatoms. The molecule has 3 rings (SSSR count). The average molecular weight is 533 g/mol. The topological polar surface area (TPSA) is 130 Å². The highest BCUT2D eigenvalue weighted by Crippen LogP contribution is 2.40. The van der Waals surface area contributed by atoms with Crippen LogP contribution < -0.4 is 4.72 Å². The predicted octanol–water partition coefficient (Wildman–Crippen LogP) is 3.97. The van der Waals surface area contributed by atoms with Gasteiger partial charge in [-0.05, 0) is 35.2 Å². The summed E-state index contributed by atoms with van der Waals surface area (Å²) in [5, 5.41) is 9.81. The Morgan fingerprint density at radius 2 is 1.69 bits per heavy atom. The van der Waals surface area contributed by atoms with Crippen molar-refractivity contribution in [1.82, 2.24) is 4.72 Å². The van der Waals surface area contributed by atoms with Crippen LogP contribution in [0.2, 0.25) is 0 Å². The molecule has 0 aliphatic heterocycles. The smallest absolute Gasteiger partial charge is 0.349 e. The summed E-state index contributed by atoms with van der Waals surface area (Å²) in [6.45, 7) is 3.39. The highest BCUT2D eigenvalue weighted by atomic mass is 32.2. The Kier molecular flexibility index (Phi) is 8.12. The number of sulfone groups is 1. The minimum absolute atomic E-state index is 0.0667. The van der Waals surface area contributed by atoms with Crippen LogP contribution in [0.25, 0.3) is 22.3 Å². The summed E-state index contributed by atoms with van der Waals surface area (Å²) in [7, 11) is -7.06. The molecule has 0 bridgehead atoms.